The van der Waals surface area contributed by atoms with Crippen molar-refractivity contribution in [2.24, 2.45) is 0 Å². The Hall–Kier alpha value is -0.720. The summed E-state index contributed by atoms with van der Waals surface area (Å²) in [5.41, 5.74) is 1.23. The SMILES string of the molecule is CCCCCCCCCCCCc1[c]occ1. The maximum absolute atomic E-state index is 4.93. The molecule has 17 heavy (non-hydrogen) atoms. The summed E-state index contributed by atoms with van der Waals surface area (Å²) in [7, 11) is 0. The van der Waals surface area contributed by atoms with E-state index in [0.29, 0.717) is 0 Å². The molecule has 97 valence electrons. The molecule has 0 fully saturated rings. The third-order valence-corrected chi connectivity index (χ3v) is 3.33. The third-order valence-electron chi connectivity index (χ3n) is 3.33. The highest BCUT2D eigenvalue weighted by Crippen LogP contribution is 2.12. The molecule has 0 saturated heterocycles. The Morgan fingerprint density at radius 2 is 1.47 bits per heavy atom. The fourth-order valence-corrected chi connectivity index (χ4v) is 2.20. The van der Waals surface area contributed by atoms with Crippen LogP contribution in [0.5, 0.6) is 0 Å². The number of rotatable bonds is 11. The second-order valence-corrected chi connectivity index (χ2v) is 4.98. The number of aryl methyl sites for hydroxylation is 1. The van der Waals surface area contributed by atoms with Crippen LogP contribution in [-0.2, 0) is 6.42 Å². The van der Waals surface area contributed by atoms with Crippen molar-refractivity contribution in [2.45, 2.75) is 77.6 Å². The maximum Gasteiger partial charge on any atom is 0.172 e. The van der Waals surface area contributed by atoms with Crippen molar-refractivity contribution < 1.29 is 4.42 Å². The summed E-state index contributed by atoms with van der Waals surface area (Å²) in [5, 5.41) is 0. The van der Waals surface area contributed by atoms with Crippen LogP contribution in [-0.4, -0.2) is 0 Å². The van der Waals surface area contributed by atoms with Crippen LogP contribution in [0.1, 0.15) is 76.7 Å². The summed E-state index contributed by atoms with van der Waals surface area (Å²) in [6, 6.07) is 2.02. The molecular weight excluding hydrogens is 208 g/mol. The van der Waals surface area contributed by atoms with Crippen LogP contribution in [0.4, 0.5) is 0 Å². The zero-order valence-electron chi connectivity index (χ0n) is 11.3. The van der Waals surface area contributed by atoms with Crippen LogP contribution in [0.15, 0.2) is 16.7 Å². The van der Waals surface area contributed by atoms with Crippen molar-refractivity contribution in [3.05, 3.63) is 24.2 Å². The van der Waals surface area contributed by atoms with Crippen molar-refractivity contribution in [1.82, 2.24) is 0 Å². The number of furan rings is 1. The summed E-state index contributed by atoms with van der Waals surface area (Å²) in [4.78, 5) is 0. The van der Waals surface area contributed by atoms with Gasteiger partial charge in [-0.2, -0.15) is 0 Å². The van der Waals surface area contributed by atoms with Gasteiger partial charge in [-0.25, -0.2) is 0 Å². The van der Waals surface area contributed by atoms with Crippen molar-refractivity contribution in [2.75, 3.05) is 0 Å². The van der Waals surface area contributed by atoms with Crippen LogP contribution in [0.2, 0.25) is 0 Å². The fourth-order valence-electron chi connectivity index (χ4n) is 2.20. The van der Waals surface area contributed by atoms with Crippen LogP contribution in [0, 0.1) is 6.26 Å². The Morgan fingerprint density at radius 3 is 2.00 bits per heavy atom. The molecule has 0 aliphatic carbocycles. The molecule has 0 bridgehead atoms. The quantitative estimate of drug-likeness (QED) is 0.459. The van der Waals surface area contributed by atoms with Crippen LogP contribution >= 0.6 is 0 Å². The summed E-state index contributed by atoms with van der Waals surface area (Å²) in [6.45, 7) is 2.28. The third kappa shape index (κ3) is 8.06. The predicted molar refractivity (Wildman–Crippen MR) is 73.1 cm³/mol. The van der Waals surface area contributed by atoms with Crippen molar-refractivity contribution in [3.8, 4) is 0 Å². The van der Waals surface area contributed by atoms with Gasteiger partial charge in [0.1, 0.15) is 0 Å². The van der Waals surface area contributed by atoms with Gasteiger partial charge in [0, 0.05) is 5.56 Å². The lowest BCUT2D eigenvalue weighted by atomic mass is 10.0. The first-order valence-electron chi connectivity index (χ1n) is 7.37. The highest BCUT2D eigenvalue weighted by molar-refractivity contribution is 5.03. The fraction of sp³-hybridized carbons (Fsp3) is 0.750. The molecule has 1 rings (SSSR count). The summed E-state index contributed by atoms with van der Waals surface area (Å²) < 4.78 is 4.93. The molecule has 0 atom stereocenters. The first kappa shape index (κ1) is 14.3. The molecule has 0 N–H and O–H groups in total. The second kappa shape index (κ2) is 10.4. The lowest BCUT2D eigenvalue weighted by Gasteiger charge is -2.01. The standard InChI is InChI=1S/C16H27O/c1-2-3-4-5-6-7-8-9-10-11-12-16-13-14-17-15-16/h13-14H,2-12H2,1H3. The normalized spacial score (nSPS) is 10.9. The number of unbranched alkanes of at least 4 members (excludes halogenated alkanes) is 9. The Labute approximate surface area is 107 Å². The molecule has 1 heteroatoms. The smallest absolute Gasteiger partial charge is 0.172 e. The molecule has 1 nitrogen and oxygen atoms in total. The van der Waals surface area contributed by atoms with Gasteiger partial charge in [0.05, 0.1) is 6.26 Å². The number of hydrogen-bond donors (Lipinski definition) is 0. The maximum atomic E-state index is 4.93. The largest absolute Gasteiger partial charge is 0.461 e. The Kier molecular flexibility index (Phi) is 8.80. The minimum atomic E-state index is 1.13. The van der Waals surface area contributed by atoms with Gasteiger partial charge in [-0.15, -0.1) is 0 Å². The van der Waals surface area contributed by atoms with E-state index in [1.165, 1.54) is 69.8 Å². The van der Waals surface area contributed by atoms with Crippen molar-refractivity contribution >= 4 is 0 Å². The first-order valence-corrected chi connectivity index (χ1v) is 7.37. The van der Waals surface area contributed by atoms with Gasteiger partial charge < -0.3 is 4.42 Å². The van der Waals surface area contributed by atoms with Crippen LogP contribution in [0.25, 0.3) is 0 Å². The summed E-state index contributed by atoms with van der Waals surface area (Å²) in [5.74, 6) is 0. The average molecular weight is 235 g/mol. The van der Waals surface area contributed by atoms with E-state index in [1.54, 1.807) is 6.26 Å². The van der Waals surface area contributed by atoms with E-state index < -0.39 is 0 Å². The van der Waals surface area contributed by atoms with Crippen molar-refractivity contribution in [3.63, 3.8) is 0 Å². The lowest BCUT2D eigenvalue weighted by Crippen LogP contribution is -1.84. The van der Waals surface area contributed by atoms with Gasteiger partial charge in [0.2, 0.25) is 0 Å². The Morgan fingerprint density at radius 1 is 0.882 bits per heavy atom. The van der Waals surface area contributed by atoms with Gasteiger partial charge in [0.25, 0.3) is 0 Å². The van der Waals surface area contributed by atoms with E-state index in [-0.39, 0.29) is 0 Å². The molecule has 0 spiro atoms. The Balaban J connectivity index is 1.76. The van der Waals surface area contributed by atoms with Gasteiger partial charge in [-0.05, 0) is 18.9 Å². The topological polar surface area (TPSA) is 13.1 Å². The van der Waals surface area contributed by atoms with Crippen LogP contribution < -0.4 is 0 Å². The molecule has 0 unspecified atom stereocenters. The zero-order chi connectivity index (χ0) is 12.2. The van der Waals surface area contributed by atoms with Gasteiger partial charge >= 0.3 is 0 Å². The molecule has 1 aromatic rings. The minimum absolute atomic E-state index is 1.13. The molecule has 1 aromatic heterocycles. The summed E-state index contributed by atoms with van der Waals surface area (Å²) in [6.07, 6.45) is 19.7. The highest BCUT2D eigenvalue weighted by Gasteiger charge is 1.96. The molecule has 0 aliphatic heterocycles. The lowest BCUT2D eigenvalue weighted by molar-refractivity contribution is 0.546. The van der Waals surface area contributed by atoms with E-state index in [0.717, 1.165) is 6.42 Å². The molecule has 0 aliphatic rings. The molecular formula is C16H27O. The molecule has 0 aromatic carbocycles. The molecule has 0 amide bonds. The first-order chi connectivity index (χ1) is 8.43. The summed E-state index contributed by atoms with van der Waals surface area (Å²) >= 11 is 0. The Bertz CT molecular complexity index is 238. The van der Waals surface area contributed by atoms with E-state index in [4.69, 9.17) is 4.42 Å². The van der Waals surface area contributed by atoms with E-state index in [9.17, 15) is 0 Å². The number of hydrogen-bond acceptors (Lipinski definition) is 1. The highest BCUT2D eigenvalue weighted by atomic mass is 16.3. The van der Waals surface area contributed by atoms with E-state index in [1.807, 2.05) is 6.07 Å². The van der Waals surface area contributed by atoms with Gasteiger partial charge in [-0.1, -0.05) is 64.7 Å². The van der Waals surface area contributed by atoms with Gasteiger partial charge in [0.15, 0.2) is 6.26 Å². The predicted octanol–water partition coefficient (Wildman–Crippen LogP) is 5.54. The molecule has 0 saturated carbocycles. The molecule has 1 radical (unpaired) electrons. The second-order valence-electron chi connectivity index (χ2n) is 4.98. The zero-order valence-corrected chi connectivity index (χ0v) is 11.3. The average Bonchev–Trinajstić information content (AvgIpc) is 2.85. The van der Waals surface area contributed by atoms with Crippen molar-refractivity contribution in [1.29, 1.82) is 0 Å². The van der Waals surface area contributed by atoms with Gasteiger partial charge in [-0.3, -0.25) is 0 Å². The van der Waals surface area contributed by atoms with E-state index in [2.05, 4.69) is 13.2 Å². The minimum Gasteiger partial charge on any atom is -0.461 e. The van der Waals surface area contributed by atoms with Crippen LogP contribution in [0.3, 0.4) is 0 Å². The van der Waals surface area contributed by atoms with E-state index >= 15 is 0 Å². The monoisotopic (exact) mass is 235 g/mol. The molecule has 1 heterocycles.